The number of morpholine rings is 1. The highest BCUT2D eigenvalue weighted by molar-refractivity contribution is 6.14. The zero-order valence-electron chi connectivity index (χ0n) is 30.6. The van der Waals surface area contributed by atoms with E-state index >= 15 is 0 Å². The van der Waals surface area contributed by atoms with E-state index in [0.717, 1.165) is 24.2 Å². The second kappa shape index (κ2) is 13.5. The van der Waals surface area contributed by atoms with Crippen molar-refractivity contribution < 1.29 is 47.0 Å². The van der Waals surface area contributed by atoms with Gasteiger partial charge in [-0.15, -0.1) is 0 Å². The standard InChI is InChI=1S/C23H24O8.C19H17NO3/c1-10(24)30-13-7-22(2)12(5-6-14(22)25)16-18(13)23(3)15(9-28-4)31-21(27)11-8-29-20(17(11)23)19(16)26;21-17-13-18(20-9-11-22-12-10-20)23-19-15(7-4-8-16(17)19)14-5-2-1-3-6-14/h8,12-13,15H,5-7,9H2,1-4H3;1-8,13H,9-12H2/t12-,13+,15+,22-,23-;/m0./s1. The smallest absolute Gasteiger partial charge is 0.342 e. The van der Waals surface area contributed by atoms with Gasteiger partial charge in [0.25, 0.3) is 0 Å². The lowest BCUT2D eigenvalue weighted by Gasteiger charge is -2.51. The van der Waals surface area contributed by atoms with Crippen LogP contribution in [0, 0.1) is 11.3 Å². The summed E-state index contributed by atoms with van der Waals surface area (Å²) < 4.78 is 33.9. The Balaban J connectivity index is 0.000000160. The van der Waals surface area contributed by atoms with Gasteiger partial charge in [0.15, 0.2) is 17.1 Å². The molecule has 2 aromatic carbocycles. The van der Waals surface area contributed by atoms with Gasteiger partial charge in [0.05, 0.1) is 30.6 Å². The van der Waals surface area contributed by atoms with Crippen molar-refractivity contribution in [2.75, 3.05) is 44.9 Å². The molecule has 0 bridgehead atoms. The molecule has 5 aliphatic rings. The van der Waals surface area contributed by atoms with Crippen LogP contribution in [-0.2, 0) is 34.0 Å². The molecule has 280 valence electrons. The third-order valence-electron chi connectivity index (χ3n) is 11.8. The van der Waals surface area contributed by atoms with Crippen molar-refractivity contribution in [3.8, 4) is 11.1 Å². The summed E-state index contributed by atoms with van der Waals surface area (Å²) in [6.45, 7) is 7.90. The van der Waals surface area contributed by atoms with Crippen LogP contribution in [0.2, 0.25) is 0 Å². The molecule has 1 saturated heterocycles. The molecule has 1 saturated carbocycles. The number of hydrogen-bond acceptors (Lipinski definition) is 12. The predicted octanol–water partition coefficient (Wildman–Crippen LogP) is 5.83. The van der Waals surface area contributed by atoms with Gasteiger partial charge in [0.2, 0.25) is 5.78 Å². The van der Waals surface area contributed by atoms with Crippen LogP contribution >= 0.6 is 0 Å². The van der Waals surface area contributed by atoms with Gasteiger partial charge >= 0.3 is 11.9 Å². The van der Waals surface area contributed by atoms with Gasteiger partial charge in [-0.05, 0) is 30.5 Å². The molecule has 2 fully saturated rings. The molecule has 0 amide bonds. The highest BCUT2D eigenvalue weighted by Gasteiger charge is 2.64. The molecule has 12 nitrogen and oxygen atoms in total. The number of nitrogens with zero attached hydrogens (tertiary/aromatic N) is 1. The van der Waals surface area contributed by atoms with Crippen LogP contribution < -0.4 is 10.3 Å². The number of allylic oxidation sites excluding steroid dienone is 1. The molecule has 3 aliphatic carbocycles. The largest absolute Gasteiger partial charge is 0.460 e. The maximum absolute atomic E-state index is 13.7. The molecule has 9 rings (SSSR count). The summed E-state index contributed by atoms with van der Waals surface area (Å²) in [6, 6.07) is 17.3. The van der Waals surface area contributed by atoms with Crippen LogP contribution in [-0.4, -0.2) is 75.7 Å². The molecule has 12 heteroatoms. The summed E-state index contributed by atoms with van der Waals surface area (Å²) in [5, 5.41) is 0.614. The number of furan rings is 1. The third-order valence-corrected chi connectivity index (χ3v) is 11.8. The van der Waals surface area contributed by atoms with Crippen LogP contribution in [0.3, 0.4) is 0 Å². The second-order valence-corrected chi connectivity index (χ2v) is 14.9. The summed E-state index contributed by atoms with van der Waals surface area (Å²) in [4.78, 5) is 65.8. The van der Waals surface area contributed by atoms with E-state index in [1.54, 1.807) is 6.07 Å². The summed E-state index contributed by atoms with van der Waals surface area (Å²) in [5.41, 5.74) is 2.55. The number of esters is 2. The van der Waals surface area contributed by atoms with Crippen molar-refractivity contribution in [2.45, 2.75) is 57.7 Å². The van der Waals surface area contributed by atoms with Crippen LogP contribution in [0.1, 0.15) is 66.5 Å². The van der Waals surface area contributed by atoms with Crippen molar-refractivity contribution in [3.05, 3.63) is 99.1 Å². The Morgan fingerprint density at radius 3 is 2.46 bits per heavy atom. The summed E-state index contributed by atoms with van der Waals surface area (Å²) in [5.74, 6) is -0.963. The van der Waals surface area contributed by atoms with Gasteiger partial charge in [-0.3, -0.25) is 19.2 Å². The van der Waals surface area contributed by atoms with E-state index in [-0.39, 0.29) is 47.3 Å². The van der Waals surface area contributed by atoms with Crippen molar-refractivity contribution >= 4 is 40.4 Å². The molecule has 2 aliphatic heterocycles. The monoisotopic (exact) mass is 735 g/mol. The minimum absolute atomic E-state index is 0.00878. The van der Waals surface area contributed by atoms with Crippen LogP contribution in [0.15, 0.2) is 85.6 Å². The number of ketones is 2. The van der Waals surface area contributed by atoms with Gasteiger partial charge in [0, 0.05) is 74.1 Å². The number of carbonyl (C=O) groups is 4. The molecule has 4 aromatic rings. The Kier molecular flexibility index (Phi) is 8.93. The number of hydrogen-bond donors (Lipinski definition) is 0. The first-order valence-corrected chi connectivity index (χ1v) is 18.2. The third kappa shape index (κ3) is 5.53. The van der Waals surface area contributed by atoms with Gasteiger partial charge in [-0.2, -0.15) is 0 Å². The van der Waals surface area contributed by atoms with Crippen LogP contribution in [0.4, 0.5) is 5.88 Å². The molecule has 4 heterocycles. The zero-order chi connectivity index (χ0) is 37.9. The predicted molar refractivity (Wildman–Crippen MR) is 195 cm³/mol. The quantitative estimate of drug-likeness (QED) is 0.227. The number of cyclic esters (lactones) is 1. The highest BCUT2D eigenvalue weighted by Crippen LogP contribution is 2.61. The number of carbonyl (C=O) groups excluding carboxylic acids is 4. The van der Waals surface area contributed by atoms with Crippen LogP contribution in [0.5, 0.6) is 0 Å². The van der Waals surface area contributed by atoms with Crippen molar-refractivity contribution in [3.63, 3.8) is 0 Å². The molecule has 0 radical (unpaired) electrons. The topological polar surface area (TPSA) is 152 Å². The maximum atomic E-state index is 13.7. The lowest BCUT2D eigenvalue weighted by molar-refractivity contribution is -0.149. The number of ether oxygens (including phenoxy) is 4. The van der Waals surface area contributed by atoms with Crippen molar-refractivity contribution in [2.24, 2.45) is 11.3 Å². The first-order valence-electron chi connectivity index (χ1n) is 18.2. The fourth-order valence-electron chi connectivity index (χ4n) is 9.23. The van der Waals surface area contributed by atoms with E-state index in [1.807, 2.05) is 62.4 Å². The van der Waals surface area contributed by atoms with E-state index in [4.69, 9.17) is 27.8 Å². The molecule has 2 aromatic heterocycles. The minimum atomic E-state index is -0.988. The van der Waals surface area contributed by atoms with E-state index in [2.05, 4.69) is 4.90 Å². The van der Waals surface area contributed by atoms with E-state index in [9.17, 15) is 24.0 Å². The van der Waals surface area contributed by atoms with Gasteiger partial charge in [0.1, 0.15) is 35.4 Å². The first-order chi connectivity index (χ1) is 26.0. The Bertz CT molecular complexity index is 2280. The Morgan fingerprint density at radius 1 is 0.981 bits per heavy atom. The van der Waals surface area contributed by atoms with Gasteiger partial charge < -0.3 is 32.7 Å². The average molecular weight is 736 g/mol. The average Bonchev–Trinajstić information content (AvgIpc) is 3.75. The number of methoxy groups -OCH3 is 1. The highest BCUT2D eigenvalue weighted by atomic mass is 16.6. The first kappa shape index (κ1) is 35.7. The summed E-state index contributed by atoms with van der Waals surface area (Å²) in [6.07, 6.45) is 0.906. The molecule has 54 heavy (non-hydrogen) atoms. The summed E-state index contributed by atoms with van der Waals surface area (Å²) in [7, 11) is 1.50. The van der Waals surface area contributed by atoms with Crippen molar-refractivity contribution in [1.29, 1.82) is 0 Å². The number of rotatable bonds is 5. The van der Waals surface area contributed by atoms with E-state index in [0.29, 0.717) is 59.6 Å². The normalized spacial score (nSPS) is 27.1. The number of anilines is 1. The Hall–Kier alpha value is -5.33. The molecule has 0 unspecified atom stereocenters. The second-order valence-electron chi connectivity index (χ2n) is 14.9. The zero-order valence-corrected chi connectivity index (χ0v) is 30.6. The lowest BCUT2D eigenvalue weighted by atomic mass is 9.54. The lowest BCUT2D eigenvalue weighted by Crippen LogP contribution is -2.57. The Labute approximate surface area is 311 Å². The SMILES string of the molecule is COC[C@H]1OC(=O)c2coc3c2[C@@]1(C)C1=C(C3=O)[C@@H]2CCC(=O)[C@@]2(C)C[C@H]1OC(C)=O.O=c1cc(N2CCOCC2)oc2c(-c3ccccc3)cccc12. The maximum Gasteiger partial charge on any atom is 0.342 e. The molecule has 0 N–H and O–H groups in total. The molecular weight excluding hydrogens is 694 g/mol. The van der Waals surface area contributed by atoms with Crippen molar-refractivity contribution in [1.82, 2.24) is 0 Å². The fraction of sp³-hybridized carbons (Fsp3) is 0.405. The minimum Gasteiger partial charge on any atom is -0.460 e. The van der Waals surface area contributed by atoms with Gasteiger partial charge in [-0.25, -0.2) is 4.79 Å². The molecular formula is C42H41NO11. The number of benzene rings is 2. The molecule has 5 atom stereocenters. The van der Waals surface area contributed by atoms with Gasteiger partial charge in [-0.1, -0.05) is 49.4 Å². The van der Waals surface area contributed by atoms with E-state index in [1.165, 1.54) is 20.3 Å². The fourth-order valence-corrected chi connectivity index (χ4v) is 9.23. The Morgan fingerprint density at radius 2 is 1.74 bits per heavy atom. The number of fused-ring (bicyclic) bond motifs is 4. The number of para-hydroxylation sites is 1. The number of Topliss-reactive ketones (excluding diaryl/α,β-unsaturated/α-hetero) is 2. The van der Waals surface area contributed by atoms with E-state index < -0.39 is 35.0 Å². The van der Waals surface area contributed by atoms with Crippen LogP contribution in [0.25, 0.3) is 22.1 Å². The molecule has 0 spiro atoms. The summed E-state index contributed by atoms with van der Waals surface area (Å²) >= 11 is 0.